The molecular formula is C15H19BrN2O2S. The Bertz CT molecular complexity index is 569. The maximum atomic E-state index is 6.30. The Hall–Kier alpha value is -0.850. The highest BCUT2D eigenvalue weighted by Crippen LogP contribution is 2.44. The van der Waals surface area contributed by atoms with Gasteiger partial charge in [-0.2, -0.15) is 0 Å². The van der Waals surface area contributed by atoms with Gasteiger partial charge in [-0.25, -0.2) is 0 Å². The molecule has 0 unspecified atom stereocenters. The molecule has 21 heavy (non-hydrogen) atoms. The fourth-order valence-electron chi connectivity index (χ4n) is 3.09. The van der Waals surface area contributed by atoms with Gasteiger partial charge in [-0.3, -0.25) is 0 Å². The van der Waals surface area contributed by atoms with Crippen molar-refractivity contribution in [3.8, 4) is 5.75 Å². The van der Waals surface area contributed by atoms with Gasteiger partial charge in [0.15, 0.2) is 10.8 Å². The molecule has 1 N–H and O–H groups in total. The minimum Gasteiger partial charge on any atom is -0.468 e. The number of nitrogens with one attached hydrogen (secondary N) is 1. The summed E-state index contributed by atoms with van der Waals surface area (Å²) in [4.78, 5) is 2.14. The molecule has 2 heterocycles. The largest absolute Gasteiger partial charge is 0.468 e. The molecular weight excluding hydrogens is 352 g/mol. The van der Waals surface area contributed by atoms with Gasteiger partial charge in [0.25, 0.3) is 0 Å². The summed E-state index contributed by atoms with van der Waals surface area (Å²) in [7, 11) is 1.72. The zero-order chi connectivity index (χ0) is 15.0. The minimum absolute atomic E-state index is 0.211. The maximum Gasteiger partial charge on any atom is 0.184 e. The molecule has 2 aliphatic rings. The fourth-order valence-corrected chi connectivity index (χ4v) is 3.90. The first-order valence-corrected chi connectivity index (χ1v) is 8.29. The van der Waals surface area contributed by atoms with Crippen molar-refractivity contribution >= 4 is 33.3 Å². The molecule has 4 nitrogen and oxygen atoms in total. The number of hydrogen-bond acceptors (Lipinski definition) is 3. The van der Waals surface area contributed by atoms with Crippen LogP contribution in [0.3, 0.4) is 0 Å². The lowest BCUT2D eigenvalue weighted by molar-refractivity contribution is -0.0698. The van der Waals surface area contributed by atoms with E-state index in [1.165, 1.54) is 5.56 Å². The van der Waals surface area contributed by atoms with Crippen LogP contribution in [-0.4, -0.2) is 36.0 Å². The summed E-state index contributed by atoms with van der Waals surface area (Å²) in [6, 6.07) is 6.35. The lowest BCUT2D eigenvalue weighted by Crippen LogP contribution is -2.64. The summed E-state index contributed by atoms with van der Waals surface area (Å²) in [5, 5.41) is 4.21. The molecule has 1 aromatic carbocycles. The van der Waals surface area contributed by atoms with Crippen LogP contribution >= 0.6 is 28.1 Å². The van der Waals surface area contributed by atoms with Gasteiger partial charge in [0.05, 0.1) is 6.04 Å². The lowest BCUT2D eigenvalue weighted by atomic mass is 9.90. The molecule has 6 heteroatoms. The Morgan fingerprint density at radius 1 is 1.57 bits per heavy atom. The van der Waals surface area contributed by atoms with Crippen LogP contribution in [0.1, 0.15) is 31.4 Å². The van der Waals surface area contributed by atoms with Crippen LogP contribution in [0.25, 0.3) is 0 Å². The van der Waals surface area contributed by atoms with Gasteiger partial charge in [-0.05, 0) is 43.8 Å². The summed E-state index contributed by atoms with van der Waals surface area (Å²) in [6.07, 6.45) is 1.80. The molecule has 0 radical (unpaired) electrons. The topological polar surface area (TPSA) is 33.7 Å². The number of halogens is 1. The molecule has 1 aromatic rings. The van der Waals surface area contributed by atoms with Crippen LogP contribution < -0.4 is 10.1 Å². The minimum atomic E-state index is -0.387. The smallest absolute Gasteiger partial charge is 0.184 e. The molecule has 2 atom stereocenters. The second-order valence-corrected chi connectivity index (χ2v) is 6.97. The highest BCUT2D eigenvalue weighted by atomic mass is 79.9. The molecule has 114 valence electrons. The predicted octanol–water partition coefficient (Wildman–Crippen LogP) is 3.22. The van der Waals surface area contributed by atoms with E-state index in [-0.39, 0.29) is 11.8 Å². The van der Waals surface area contributed by atoms with Crippen molar-refractivity contribution in [1.29, 1.82) is 0 Å². The fraction of sp³-hybridized carbons (Fsp3) is 0.533. The van der Waals surface area contributed by atoms with Gasteiger partial charge in [0.1, 0.15) is 5.75 Å². The quantitative estimate of drug-likeness (QED) is 0.649. The van der Waals surface area contributed by atoms with E-state index in [2.05, 4.69) is 39.1 Å². The van der Waals surface area contributed by atoms with Crippen LogP contribution in [0.15, 0.2) is 22.7 Å². The zero-order valence-corrected chi connectivity index (χ0v) is 14.6. The third-order valence-corrected chi connectivity index (χ3v) is 4.94. The van der Waals surface area contributed by atoms with E-state index in [0.717, 1.165) is 41.3 Å². The Labute approximate surface area is 138 Å². The van der Waals surface area contributed by atoms with Gasteiger partial charge in [0, 0.05) is 36.7 Å². The van der Waals surface area contributed by atoms with Gasteiger partial charge in [-0.1, -0.05) is 15.9 Å². The summed E-state index contributed by atoms with van der Waals surface area (Å²) in [5.41, 5.74) is 0.780. The molecule has 1 saturated heterocycles. The molecule has 2 aliphatic heterocycles. The van der Waals surface area contributed by atoms with Crippen molar-refractivity contribution in [3.63, 3.8) is 0 Å². The monoisotopic (exact) mass is 370 g/mol. The lowest BCUT2D eigenvalue weighted by Gasteiger charge is -2.52. The third kappa shape index (κ3) is 2.76. The van der Waals surface area contributed by atoms with E-state index in [9.17, 15) is 0 Å². The van der Waals surface area contributed by atoms with Gasteiger partial charge in [-0.15, -0.1) is 0 Å². The van der Waals surface area contributed by atoms with Gasteiger partial charge in [0.2, 0.25) is 0 Å². The number of ether oxygens (including phenoxy) is 2. The van der Waals surface area contributed by atoms with Crippen LogP contribution in [0.2, 0.25) is 0 Å². The van der Waals surface area contributed by atoms with Crippen LogP contribution in [0.5, 0.6) is 5.75 Å². The molecule has 0 spiro atoms. The van der Waals surface area contributed by atoms with E-state index in [0.29, 0.717) is 0 Å². The molecule has 2 bridgehead atoms. The number of hydrogen-bond donors (Lipinski definition) is 1. The van der Waals surface area contributed by atoms with Crippen molar-refractivity contribution in [2.24, 2.45) is 0 Å². The first-order chi connectivity index (χ1) is 10.0. The van der Waals surface area contributed by atoms with Crippen LogP contribution in [-0.2, 0) is 4.74 Å². The van der Waals surface area contributed by atoms with Crippen LogP contribution in [0.4, 0.5) is 0 Å². The first kappa shape index (κ1) is 15.1. The average Bonchev–Trinajstić information content (AvgIpc) is 2.43. The average molecular weight is 371 g/mol. The zero-order valence-electron chi connectivity index (χ0n) is 12.2. The van der Waals surface area contributed by atoms with E-state index < -0.39 is 0 Å². The maximum absolute atomic E-state index is 6.30. The van der Waals surface area contributed by atoms with Crippen molar-refractivity contribution in [2.45, 2.75) is 31.5 Å². The molecule has 0 saturated carbocycles. The number of methoxy groups -OCH3 is 1. The Balaban J connectivity index is 1.88. The number of fused-ring (bicyclic) bond motifs is 4. The molecule has 0 aromatic heterocycles. The number of rotatable bonds is 4. The van der Waals surface area contributed by atoms with Crippen molar-refractivity contribution in [3.05, 3.63) is 28.2 Å². The van der Waals surface area contributed by atoms with Crippen LogP contribution in [0, 0.1) is 0 Å². The first-order valence-electron chi connectivity index (χ1n) is 7.09. The Morgan fingerprint density at radius 3 is 3.14 bits per heavy atom. The molecule has 0 amide bonds. The Morgan fingerprint density at radius 2 is 2.38 bits per heavy atom. The highest BCUT2D eigenvalue weighted by Gasteiger charge is 2.47. The SMILES string of the molecule is COCCCN1C(=S)N[C@@H]2C[C@]1(C)Oc1ccc(Br)cc12. The second-order valence-electron chi connectivity index (χ2n) is 5.66. The predicted molar refractivity (Wildman–Crippen MR) is 89.5 cm³/mol. The normalized spacial score (nSPS) is 26.9. The van der Waals surface area contributed by atoms with Crippen molar-refractivity contribution in [2.75, 3.05) is 20.3 Å². The Kier molecular flexibility index (Phi) is 4.12. The summed E-state index contributed by atoms with van der Waals surface area (Å²) in [6.45, 7) is 3.67. The third-order valence-electron chi connectivity index (χ3n) is 4.10. The highest BCUT2D eigenvalue weighted by molar-refractivity contribution is 9.10. The van der Waals surface area contributed by atoms with E-state index in [4.69, 9.17) is 21.7 Å². The molecule has 1 fully saturated rings. The number of nitrogens with zero attached hydrogens (tertiary/aromatic N) is 1. The van der Waals surface area contributed by atoms with Crippen molar-refractivity contribution in [1.82, 2.24) is 10.2 Å². The molecule has 3 rings (SSSR count). The van der Waals surface area contributed by atoms with Crippen molar-refractivity contribution < 1.29 is 9.47 Å². The summed E-state index contributed by atoms with van der Waals surface area (Å²) in [5.74, 6) is 0.934. The number of benzene rings is 1. The summed E-state index contributed by atoms with van der Waals surface area (Å²) >= 11 is 9.07. The summed E-state index contributed by atoms with van der Waals surface area (Å²) < 4.78 is 12.5. The van der Waals surface area contributed by atoms with E-state index in [1.807, 2.05) is 12.1 Å². The van der Waals surface area contributed by atoms with Gasteiger partial charge < -0.3 is 19.7 Å². The standard InChI is InChI=1S/C15H19BrN2O2S/c1-15-9-12(11-8-10(16)4-5-13(11)20-15)17-14(21)18(15)6-3-7-19-2/h4-5,8,12H,3,6-7,9H2,1-2H3,(H,17,21)/t12-,15+/m1/s1. The molecule has 0 aliphatic carbocycles. The number of thiocarbonyl (C=S) groups is 1. The second kappa shape index (κ2) is 5.74. The van der Waals surface area contributed by atoms with E-state index in [1.54, 1.807) is 7.11 Å². The van der Waals surface area contributed by atoms with Gasteiger partial charge >= 0.3 is 0 Å². The van der Waals surface area contributed by atoms with E-state index >= 15 is 0 Å².